The van der Waals surface area contributed by atoms with Gasteiger partial charge in [0.1, 0.15) is 0 Å². The van der Waals surface area contributed by atoms with Gasteiger partial charge in [-0.15, -0.1) is 6.42 Å². The van der Waals surface area contributed by atoms with Crippen molar-refractivity contribution >= 4 is 13.1 Å². The molecule has 0 amide bonds. The molecule has 74 valence electrons. The van der Waals surface area contributed by atoms with Crippen molar-refractivity contribution in [2.24, 2.45) is 0 Å². The highest BCUT2D eigenvalue weighted by atomic mass is 31.2. The maximum Gasteiger partial charge on any atom is 0.306 e. The fraction of sp³-hybridized carbons (Fsp3) is 0.667. The number of hydrogen-bond donors (Lipinski definition) is 0. The van der Waals surface area contributed by atoms with E-state index in [1.165, 1.54) is 0 Å². The summed E-state index contributed by atoms with van der Waals surface area (Å²) in [5, 5.41) is 0. The Bertz CT molecular complexity index is 246. The molecule has 13 heavy (non-hydrogen) atoms. The lowest BCUT2D eigenvalue weighted by molar-refractivity contribution is -0.142. The second-order valence-electron chi connectivity index (χ2n) is 3.27. The molecule has 0 unspecified atom stereocenters. The summed E-state index contributed by atoms with van der Waals surface area (Å²) in [5.74, 6) is 1.89. The first-order valence-corrected chi connectivity index (χ1v) is 6.87. The Hall–Kier alpha value is -0.740. The molecular formula is C9H15O3P. The lowest BCUT2D eigenvalue weighted by Gasteiger charge is -2.04. The molecule has 0 aliphatic carbocycles. The molecule has 0 N–H and O–H groups in total. The molecule has 4 heteroatoms. The number of carbonyl (C=O) groups is 1. The Morgan fingerprint density at radius 2 is 2.15 bits per heavy atom. The molecule has 0 aromatic rings. The Morgan fingerprint density at radius 3 is 2.62 bits per heavy atom. The second kappa shape index (κ2) is 5.83. The summed E-state index contributed by atoms with van der Waals surface area (Å²) in [5.41, 5.74) is 0. The number of hydrogen-bond acceptors (Lipinski definition) is 3. The first kappa shape index (κ1) is 12.3. The molecule has 0 saturated heterocycles. The highest BCUT2D eigenvalue weighted by Crippen LogP contribution is 2.36. The van der Waals surface area contributed by atoms with Crippen molar-refractivity contribution in [2.75, 3.05) is 26.1 Å². The van der Waals surface area contributed by atoms with Gasteiger partial charge in [-0.05, 0) is 19.8 Å². The largest absolute Gasteiger partial charge is 0.452 e. The van der Waals surface area contributed by atoms with Crippen molar-refractivity contribution in [3.63, 3.8) is 0 Å². The standard InChI is InChI=1S/C9H15O3P/c1-4-7-12-9(10)6-5-8-13(2,3)11/h1H,5-8H2,2-3H3. The Balaban J connectivity index is 3.50. The minimum Gasteiger partial charge on any atom is -0.452 e. The van der Waals surface area contributed by atoms with Crippen molar-refractivity contribution in [2.45, 2.75) is 12.8 Å². The van der Waals surface area contributed by atoms with E-state index in [2.05, 4.69) is 10.7 Å². The Labute approximate surface area is 79.2 Å². The van der Waals surface area contributed by atoms with Gasteiger partial charge in [-0.2, -0.15) is 0 Å². The van der Waals surface area contributed by atoms with Gasteiger partial charge in [-0.3, -0.25) is 4.79 Å². The van der Waals surface area contributed by atoms with Crippen LogP contribution in [0.2, 0.25) is 0 Å². The first-order chi connectivity index (χ1) is 5.95. The second-order valence-corrected chi connectivity index (χ2v) is 6.86. The van der Waals surface area contributed by atoms with Crippen LogP contribution in [0.4, 0.5) is 0 Å². The molecule has 0 aromatic carbocycles. The van der Waals surface area contributed by atoms with Crippen molar-refractivity contribution in [3.8, 4) is 12.3 Å². The molecule has 0 radical (unpaired) electrons. The van der Waals surface area contributed by atoms with E-state index < -0.39 is 7.14 Å². The molecule has 0 saturated carbocycles. The molecule has 0 fully saturated rings. The van der Waals surface area contributed by atoms with Crippen molar-refractivity contribution in [1.29, 1.82) is 0 Å². The van der Waals surface area contributed by atoms with Crippen LogP contribution in [-0.2, 0) is 14.1 Å². The molecule has 0 aliphatic heterocycles. The molecule has 0 rings (SSSR count). The van der Waals surface area contributed by atoms with Gasteiger partial charge < -0.3 is 9.30 Å². The minimum atomic E-state index is -2.00. The zero-order valence-electron chi connectivity index (χ0n) is 8.08. The van der Waals surface area contributed by atoms with Crippen LogP contribution in [0, 0.1) is 12.3 Å². The molecule has 0 aromatic heterocycles. The van der Waals surface area contributed by atoms with Crippen molar-refractivity contribution in [3.05, 3.63) is 0 Å². The van der Waals surface area contributed by atoms with Crippen LogP contribution in [0.5, 0.6) is 0 Å². The number of ether oxygens (including phenoxy) is 1. The average Bonchev–Trinajstić information content (AvgIpc) is 1.98. The molecule has 0 spiro atoms. The maximum atomic E-state index is 11.2. The Kier molecular flexibility index (Phi) is 5.50. The predicted octanol–water partition coefficient (Wildman–Crippen LogP) is 1.57. The molecule has 3 nitrogen and oxygen atoms in total. The van der Waals surface area contributed by atoms with Gasteiger partial charge in [0.25, 0.3) is 0 Å². The summed E-state index contributed by atoms with van der Waals surface area (Å²) in [6, 6.07) is 0. The fourth-order valence-corrected chi connectivity index (χ4v) is 1.72. The number of rotatable bonds is 5. The van der Waals surface area contributed by atoms with Crippen LogP contribution >= 0.6 is 7.14 Å². The highest BCUT2D eigenvalue weighted by molar-refractivity contribution is 7.62. The maximum absolute atomic E-state index is 11.2. The zero-order chi connectivity index (χ0) is 10.3. The number of esters is 1. The summed E-state index contributed by atoms with van der Waals surface area (Å²) >= 11 is 0. The van der Waals surface area contributed by atoms with E-state index >= 15 is 0 Å². The van der Waals surface area contributed by atoms with Crippen LogP contribution in [-0.4, -0.2) is 32.1 Å². The summed E-state index contributed by atoms with van der Waals surface area (Å²) in [4.78, 5) is 10.9. The van der Waals surface area contributed by atoms with Gasteiger partial charge in [0, 0.05) is 12.6 Å². The van der Waals surface area contributed by atoms with Crippen LogP contribution in [0.3, 0.4) is 0 Å². The molecular weight excluding hydrogens is 187 g/mol. The topological polar surface area (TPSA) is 43.4 Å². The van der Waals surface area contributed by atoms with E-state index in [1.807, 2.05) is 0 Å². The summed E-state index contributed by atoms with van der Waals surface area (Å²) in [6.07, 6.45) is 6.39. The molecule has 0 aliphatic rings. The third kappa shape index (κ3) is 9.17. The van der Waals surface area contributed by atoms with E-state index in [-0.39, 0.29) is 12.6 Å². The van der Waals surface area contributed by atoms with Crippen LogP contribution in [0.1, 0.15) is 12.8 Å². The SMILES string of the molecule is C#CCOC(=O)CCCP(C)(C)=O. The number of terminal acetylenes is 1. The minimum absolute atomic E-state index is 0.0226. The normalized spacial score (nSPS) is 10.5. The van der Waals surface area contributed by atoms with E-state index in [1.54, 1.807) is 13.3 Å². The van der Waals surface area contributed by atoms with Crippen LogP contribution < -0.4 is 0 Å². The summed E-state index contributed by atoms with van der Waals surface area (Å²) in [6.45, 7) is 3.44. The molecule has 0 bridgehead atoms. The van der Waals surface area contributed by atoms with Gasteiger partial charge in [0.2, 0.25) is 0 Å². The van der Waals surface area contributed by atoms with Gasteiger partial charge in [0.15, 0.2) is 6.61 Å². The fourth-order valence-electron chi connectivity index (χ4n) is 0.799. The highest BCUT2D eigenvalue weighted by Gasteiger charge is 2.08. The molecule has 0 atom stereocenters. The third-order valence-electron chi connectivity index (χ3n) is 1.39. The monoisotopic (exact) mass is 202 g/mol. The predicted molar refractivity (Wildman–Crippen MR) is 53.3 cm³/mol. The van der Waals surface area contributed by atoms with Crippen LogP contribution in [0.15, 0.2) is 0 Å². The van der Waals surface area contributed by atoms with Crippen LogP contribution in [0.25, 0.3) is 0 Å². The van der Waals surface area contributed by atoms with Gasteiger partial charge in [0.05, 0.1) is 7.14 Å². The van der Waals surface area contributed by atoms with Gasteiger partial charge in [-0.25, -0.2) is 0 Å². The smallest absolute Gasteiger partial charge is 0.306 e. The quantitative estimate of drug-likeness (QED) is 0.386. The average molecular weight is 202 g/mol. The van der Waals surface area contributed by atoms with E-state index in [4.69, 9.17) is 6.42 Å². The third-order valence-corrected chi connectivity index (χ3v) is 2.79. The lowest BCUT2D eigenvalue weighted by atomic mass is 10.3. The van der Waals surface area contributed by atoms with E-state index in [9.17, 15) is 9.36 Å². The van der Waals surface area contributed by atoms with Crippen molar-refractivity contribution < 1.29 is 14.1 Å². The van der Waals surface area contributed by atoms with Gasteiger partial charge >= 0.3 is 5.97 Å². The van der Waals surface area contributed by atoms with Crippen molar-refractivity contribution in [1.82, 2.24) is 0 Å². The Morgan fingerprint density at radius 1 is 1.54 bits per heavy atom. The van der Waals surface area contributed by atoms with E-state index in [0.29, 0.717) is 19.0 Å². The lowest BCUT2D eigenvalue weighted by Crippen LogP contribution is -2.05. The first-order valence-electron chi connectivity index (χ1n) is 4.09. The van der Waals surface area contributed by atoms with E-state index in [0.717, 1.165) is 0 Å². The number of carbonyl (C=O) groups excluding carboxylic acids is 1. The molecule has 0 heterocycles. The summed E-state index contributed by atoms with van der Waals surface area (Å²) in [7, 11) is -2.00. The summed E-state index contributed by atoms with van der Waals surface area (Å²) < 4.78 is 15.9. The zero-order valence-corrected chi connectivity index (χ0v) is 8.97. The van der Waals surface area contributed by atoms with Gasteiger partial charge in [-0.1, -0.05) is 5.92 Å².